The second kappa shape index (κ2) is 4.40. The lowest BCUT2D eigenvalue weighted by atomic mass is 10.4. The first-order chi connectivity index (χ1) is 8.11. The normalized spacial score (nSPS) is 10.7. The maximum atomic E-state index is 12.0. The molecule has 2 aromatic rings. The molecule has 0 unspecified atom stereocenters. The second-order valence-corrected chi connectivity index (χ2v) is 3.74. The van der Waals surface area contributed by atoms with Gasteiger partial charge in [0.2, 0.25) is 0 Å². The molecule has 0 saturated carbocycles. The number of aromatic nitrogens is 3. The molecular weight excluding hydrogens is 222 g/mol. The van der Waals surface area contributed by atoms with Gasteiger partial charge in [0.05, 0.1) is 19.2 Å². The van der Waals surface area contributed by atoms with Crippen molar-refractivity contribution in [1.82, 2.24) is 14.2 Å². The summed E-state index contributed by atoms with van der Waals surface area (Å²) < 4.78 is 7.55. The number of ether oxygens (including phenoxy) is 1. The number of hydrogen-bond donors (Lipinski definition) is 0. The fourth-order valence-corrected chi connectivity index (χ4v) is 1.64. The van der Waals surface area contributed by atoms with Crippen LogP contribution in [0.2, 0.25) is 0 Å². The van der Waals surface area contributed by atoms with E-state index in [1.807, 2.05) is 6.92 Å². The average Bonchev–Trinajstić information content (AvgIpc) is 2.69. The van der Waals surface area contributed by atoms with E-state index in [1.54, 1.807) is 18.5 Å². The SMILES string of the molecule is COC(=O)CCn1ccn2nc(C)cc2c1=O. The number of carbonyl (C=O) groups excluding carboxylic acids is 1. The Labute approximate surface area is 97.4 Å². The van der Waals surface area contributed by atoms with Gasteiger partial charge in [-0.2, -0.15) is 5.10 Å². The number of carbonyl (C=O) groups is 1. The van der Waals surface area contributed by atoms with E-state index >= 15 is 0 Å². The highest BCUT2D eigenvalue weighted by Gasteiger charge is 2.07. The summed E-state index contributed by atoms with van der Waals surface area (Å²) in [5.74, 6) is -0.332. The van der Waals surface area contributed by atoms with Crippen molar-refractivity contribution in [2.45, 2.75) is 19.9 Å². The molecule has 0 spiro atoms. The number of nitrogens with zero attached hydrogens (tertiary/aromatic N) is 3. The highest BCUT2D eigenvalue weighted by atomic mass is 16.5. The molecule has 0 bridgehead atoms. The molecule has 0 radical (unpaired) electrons. The van der Waals surface area contributed by atoms with E-state index in [0.717, 1.165) is 5.69 Å². The predicted molar refractivity (Wildman–Crippen MR) is 60.8 cm³/mol. The van der Waals surface area contributed by atoms with Crippen LogP contribution < -0.4 is 5.56 Å². The summed E-state index contributed by atoms with van der Waals surface area (Å²) in [4.78, 5) is 23.0. The van der Waals surface area contributed by atoms with Crippen molar-refractivity contribution in [1.29, 1.82) is 0 Å². The van der Waals surface area contributed by atoms with Crippen LogP contribution in [0.15, 0.2) is 23.3 Å². The van der Waals surface area contributed by atoms with Crippen molar-refractivity contribution < 1.29 is 9.53 Å². The molecule has 0 aliphatic heterocycles. The molecule has 90 valence electrons. The highest BCUT2D eigenvalue weighted by Crippen LogP contribution is 2.00. The minimum absolute atomic E-state index is 0.156. The lowest BCUT2D eigenvalue weighted by Crippen LogP contribution is -2.22. The van der Waals surface area contributed by atoms with Gasteiger partial charge in [0.15, 0.2) is 0 Å². The lowest BCUT2D eigenvalue weighted by Gasteiger charge is -2.04. The number of rotatable bonds is 3. The number of methoxy groups -OCH3 is 1. The molecule has 6 nitrogen and oxygen atoms in total. The van der Waals surface area contributed by atoms with E-state index in [4.69, 9.17) is 0 Å². The molecule has 2 heterocycles. The molecule has 0 aliphatic rings. The summed E-state index contributed by atoms with van der Waals surface area (Å²) in [6.07, 6.45) is 3.49. The molecular formula is C11H13N3O3. The van der Waals surface area contributed by atoms with Crippen LogP contribution in [-0.2, 0) is 16.1 Å². The number of esters is 1. The third-order valence-electron chi connectivity index (χ3n) is 2.51. The largest absolute Gasteiger partial charge is 0.469 e. The minimum Gasteiger partial charge on any atom is -0.469 e. The van der Waals surface area contributed by atoms with Gasteiger partial charge >= 0.3 is 5.97 Å². The smallest absolute Gasteiger partial charge is 0.307 e. The second-order valence-electron chi connectivity index (χ2n) is 3.74. The van der Waals surface area contributed by atoms with Crippen LogP contribution in [0.5, 0.6) is 0 Å². The van der Waals surface area contributed by atoms with Gasteiger partial charge in [0.25, 0.3) is 5.56 Å². The van der Waals surface area contributed by atoms with E-state index in [2.05, 4.69) is 9.84 Å². The van der Waals surface area contributed by atoms with Gasteiger partial charge in [0, 0.05) is 18.9 Å². The summed E-state index contributed by atoms with van der Waals surface area (Å²) in [6.45, 7) is 2.14. The number of fused-ring (bicyclic) bond motifs is 1. The molecule has 2 aromatic heterocycles. The third-order valence-corrected chi connectivity index (χ3v) is 2.51. The Hall–Kier alpha value is -2.11. The van der Waals surface area contributed by atoms with Gasteiger partial charge in [0.1, 0.15) is 5.52 Å². The monoisotopic (exact) mass is 235 g/mol. The predicted octanol–water partition coefficient (Wildman–Crippen LogP) is 0.368. The molecule has 0 N–H and O–H groups in total. The van der Waals surface area contributed by atoms with Gasteiger partial charge < -0.3 is 9.30 Å². The standard InChI is InChI=1S/C11H13N3O3/c1-8-7-9-11(16)13(4-3-10(15)17-2)5-6-14(9)12-8/h5-7H,3-4H2,1-2H3. The van der Waals surface area contributed by atoms with Crippen LogP contribution in [0, 0.1) is 6.92 Å². The zero-order valence-corrected chi connectivity index (χ0v) is 9.71. The minimum atomic E-state index is -0.332. The first kappa shape index (κ1) is 11.4. The van der Waals surface area contributed by atoms with Gasteiger partial charge in [-0.15, -0.1) is 0 Å². The van der Waals surface area contributed by atoms with Crippen LogP contribution in [0.1, 0.15) is 12.1 Å². The Bertz CT molecular complexity index is 612. The van der Waals surface area contributed by atoms with Crippen LogP contribution in [0.4, 0.5) is 0 Å². The molecule has 0 atom stereocenters. The zero-order valence-electron chi connectivity index (χ0n) is 9.71. The van der Waals surface area contributed by atoms with Gasteiger partial charge in [-0.3, -0.25) is 9.59 Å². The van der Waals surface area contributed by atoms with E-state index in [9.17, 15) is 9.59 Å². The summed E-state index contributed by atoms with van der Waals surface area (Å²) in [7, 11) is 1.33. The molecule has 2 rings (SSSR count). The summed E-state index contributed by atoms with van der Waals surface area (Å²) in [5.41, 5.74) is 1.14. The number of hydrogen-bond acceptors (Lipinski definition) is 4. The van der Waals surface area contributed by atoms with Crippen molar-refractivity contribution >= 4 is 11.5 Å². The van der Waals surface area contributed by atoms with Crippen molar-refractivity contribution in [3.8, 4) is 0 Å². The quantitative estimate of drug-likeness (QED) is 0.721. The van der Waals surface area contributed by atoms with Crippen molar-refractivity contribution in [2.24, 2.45) is 0 Å². The van der Waals surface area contributed by atoms with Gasteiger partial charge in [-0.05, 0) is 13.0 Å². The Morgan fingerprint density at radius 3 is 2.94 bits per heavy atom. The Balaban J connectivity index is 2.32. The van der Waals surface area contributed by atoms with Crippen molar-refractivity contribution in [3.05, 3.63) is 34.5 Å². The van der Waals surface area contributed by atoms with Crippen LogP contribution >= 0.6 is 0 Å². The van der Waals surface area contributed by atoms with Crippen molar-refractivity contribution in [2.75, 3.05) is 7.11 Å². The van der Waals surface area contributed by atoms with Crippen molar-refractivity contribution in [3.63, 3.8) is 0 Å². The summed E-state index contributed by atoms with van der Waals surface area (Å²) in [5, 5.41) is 4.14. The Morgan fingerprint density at radius 1 is 1.47 bits per heavy atom. The summed E-state index contributed by atoms with van der Waals surface area (Å²) >= 11 is 0. The lowest BCUT2D eigenvalue weighted by molar-refractivity contribution is -0.140. The molecule has 17 heavy (non-hydrogen) atoms. The van der Waals surface area contributed by atoms with Crippen LogP contribution in [0.25, 0.3) is 5.52 Å². The van der Waals surface area contributed by atoms with Crippen LogP contribution in [0.3, 0.4) is 0 Å². The molecule has 0 aromatic carbocycles. The first-order valence-electron chi connectivity index (χ1n) is 5.24. The highest BCUT2D eigenvalue weighted by molar-refractivity contribution is 5.69. The number of aryl methyl sites for hydroxylation is 2. The van der Waals surface area contributed by atoms with Gasteiger partial charge in [-0.1, -0.05) is 0 Å². The first-order valence-corrected chi connectivity index (χ1v) is 5.24. The Morgan fingerprint density at radius 2 is 2.24 bits per heavy atom. The van der Waals surface area contributed by atoms with Gasteiger partial charge in [-0.25, -0.2) is 4.52 Å². The van der Waals surface area contributed by atoms with E-state index < -0.39 is 0 Å². The summed E-state index contributed by atoms with van der Waals surface area (Å²) in [6, 6.07) is 1.72. The van der Waals surface area contributed by atoms with E-state index in [1.165, 1.54) is 16.2 Å². The topological polar surface area (TPSA) is 65.6 Å². The molecule has 0 amide bonds. The third kappa shape index (κ3) is 2.20. The fraction of sp³-hybridized carbons (Fsp3) is 0.364. The molecule has 0 saturated heterocycles. The Kier molecular flexibility index (Phi) is 2.95. The van der Waals surface area contributed by atoms with Crippen LogP contribution in [-0.4, -0.2) is 27.3 Å². The zero-order chi connectivity index (χ0) is 12.4. The average molecular weight is 235 g/mol. The van der Waals surface area contributed by atoms with E-state index in [-0.39, 0.29) is 17.9 Å². The maximum Gasteiger partial charge on any atom is 0.307 e. The fourth-order valence-electron chi connectivity index (χ4n) is 1.64. The molecule has 6 heteroatoms. The van der Waals surface area contributed by atoms with E-state index in [0.29, 0.717) is 12.1 Å². The maximum absolute atomic E-state index is 12.0. The molecule has 0 fully saturated rings. The molecule has 0 aliphatic carbocycles.